The highest BCUT2D eigenvalue weighted by atomic mass is 16.5. The number of aliphatic hydroxyl groups is 1. The maximum absolute atomic E-state index is 9.35. The molecule has 2 N–H and O–H groups in total. The minimum Gasteiger partial charge on any atom is -0.457 e. The zero-order chi connectivity index (χ0) is 14.7. The second-order valence-electron chi connectivity index (χ2n) is 5.62. The zero-order valence-corrected chi connectivity index (χ0v) is 12.3. The number of rotatable bonds is 6. The molecule has 1 aliphatic carbocycles. The van der Waals surface area contributed by atoms with E-state index in [-0.39, 0.29) is 6.61 Å². The van der Waals surface area contributed by atoms with E-state index in [1.165, 1.54) is 18.4 Å². The highest BCUT2D eigenvalue weighted by Gasteiger charge is 2.20. The Morgan fingerprint density at radius 1 is 1.14 bits per heavy atom. The molecular weight excluding hydrogens is 262 g/mol. The number of nitrogens with one attached hydrogen (secondary N) is 1. The molecule has 0 radical (unpaired) electrons. The summed E-state index contributed by atoms with van der Waals surface area (Å²) in [5.41, 5.74) is 3.19. The molecule has 0 saturated heterocycles. The van der Waals surface area contributed by atoms with Crippen LogP contribution < -0.4 is 10.1 Å². The lowest BCUT2D eigenvalue weighted by atomic mass is 10.1. The Balaban J connectivity index is 1.72. The standard InChI is InChI=1S/C18H21NO2/c1-13-10-14(11-19-16-7-8-16)6-9-17(13)21-18-5-3-2-4-15(18)12-20/h2-6,9-10,16,19-20H,7-8,11-12H2,1H3. The van der Waals surface area contributed by atoms with E-state index >= 15 is 0 Å². The van der Waals surface area contributed by atoms with Gasteiger partial charge in [-0.1, -0.05) is 30.3 Å². The van der Waals surface area contributed by atoms with Gasteiger partial charge in [0.15, 0.2) is 0 Å². The molecule has 0 aromatic heterocycles. The summed E-state index contributed by atoms with van der Waals surface area (Å²) in [6, 6.07) is 14.6. The van der Waals surface area contributed by atoms with Gasteiger partial charge in [-0.05, 0) is 43.0 Å². The van der Waals surface area contributed by atoms with Crippen LogP contribution in [0.2, 0.25) is 0 Å². The Bertz CT molecular complexity index is 620. The Labute approximate surface area is 125 Å². The third kappa shape index (κ3) is 3.63. The van der Waals surface area contributed by atoms with Gasteiger partial charge in [-0.3, -0.25) is 0 Å². The molecule has 2 aromatic rings. The van der Waals surface area contributed by atoms with E-state index in [1.54, 1.807) is 0 Å². The van der Waals surface area contributed by atoms with E-state index in [0.29, 0.717) is 5.75 Å². The summed E-state index contributed by atoms with van der Waals surface area (Å²) in [4.78, 5) is 0. The lowest BCUT2D eigenvalue weighted by molar-refractivity contribution is 0.276. The first-order valence-corrected chi connectivity index (χ1v) is 7.46. The first kappa shape index (κ1) is 14.1. The lowest BCUT2D eigenvalue weighted by Crippen LogP contribution is -2.15. The van der Waals surface area contributed by atoms with E-state index in [2.05, 4.69) is 24.4 Å². The average molecular weight is 283 g/mol. The number of aryl methyl sites for hydroxylation is 1. The second kappa shape index (κ2) is 6.29. The molecule has 3 rings (SSSR count). The molecule has 0 atom stereocenters. The molecule has 0 amide bonds. The Hall–Kier alpha value is -1.84. The van der Waals surface area contributed by atoms with Crippen molar-refractivity contribution >= 4 is 0 Å². The summed E-state index contributed by atoms with van der Waals surface area (Å²) in [5.74, 6) is 1.55. The molecule has 21 heavy (non-hydrogen) atoms. The number of hydrogen-bond donors (Lipinski definition) is 2. The summed E-state index contributed by atoms with van der Waals surface area (Å²) in [5, 5.41) is 12.9. The molecule has 1 aliphatic rings. The molecule has 3 heteroatoms. The van der Waals surface area contributed by atoms with Crippen molar-refractivity contribution < 1.29 is 9.84 Å². The fourth-order valence-corrected chi connectivity index (χ4v) is 2.34. The molecule has 110 valence electrons. The molecule has 0 spiro atoms. The van der Waals surface area contributed by atoms with Gasteiger partial charge in [-0.2, -0.15) is 0 Å². The molecule has 1 fully saturated rings. The average Bonchev–Trinajstić information content (AvgIpc) is 3.32. The summed E-state index contributed by atoms with van der Waals surface area (Å²) < 4.78 is 5.94. The quantitative estimate of drug-likeness (QED) is 0.852. The van der Waals surface area contributed by atoms with Crippen LogP contribution in [0.15, 0.2) is 42.5 Å². The molecule has 1 saturated carbocycles. The fourth-order valence-electron chi connectivity index (χ4n) is 2.34. The van der Waals surface area contributed by atoms with E-state index in [0.717, 1.165) is 29.5 Å². The summed E-state index contributed by atoms with van der Waals surface area (Å²) in [6.07, 6.45) is 2.61. The van der Waals surface area contributed by atoms with Gasteiger partial charge in [0.1, 0.15) is 11.5 Å². The van der Waals surface area contributed by atoms with Crippen LogP contribution in [0.3, 0.4) is 0 Å². The van der Waals surface area contributed by atoms with Crippen LogP contribution in [0, 0.1) is 6.92 Å². The molecule has 3 nitrogen and oxygen atoms in total. The fraction of sp³-hybridized carbons (Fsp3) is 0.333. The summed E-state index contributed by atoms with van der Waals surface area (Å²) in [7, 11) is 0. The SMILES string of the molecule is Cc1cc(CNC2CC2)ccc1Oc1ccccc1CO. The van der Waals surface area contributed by atoms with Crippen molar-refractivity contribution in [2.45, 2.75) is 39.0 Å². The lowest BCUT2D eigenvalue weighted by Gasteiger charge is -2.13. The number of aliphatic hydroxyl groups excluding tert-OH is 1. The van der Waals surface area contributed by atoms with E-state index in [1.807, 2.05) is 30.3 Å². The van der Waals surface area contributed by atoms with Gasteiger partial charge in [0.05, 0.1) is 6.61 Å². The van der Waals surface area contributed by atoms with Crippen LogP contribution in [-0.4, -0.2) is 11.1 Å². The van der Waals surface area contributed by atoms with Crippen molar-refractivity contribution in [3.63, 3.8) is 0 Å². The van der Waals surface area contributed by atoms with Crippen LogP contribution in [0.5, 0.6) is 11.5 Å². The van der Waals surface area contributed by atoms with Gasteiger partial charge in [-0.25, -0.2) is 0 Å². The zero-order valence-electron chi connectivity index (χ0n) is 12.3. The highest BCUT2D eigenvalue weighted by Crippen LogP contribution is 2.28. The minimum atomic E-state index is -0.0153. The molecule has 2 aromatic carbocycles. The first-order valence-electron chi connectivity index (χ1n) is 7.46. The van der Waals surface area contributed by atoms with Gasteiger partial charge in [0.2, 0.25) is 0 Å². The third-order valence-electron chi connectivity index (χ3n) is 3.77. The van der Waals surface area contributed by atoms with Crippen LogP contribution in [0.1, 0.15) is 29.5 Å². The monoisotopic (exact) mass is 283 g/mol. The van der Waals surface area contributed by atoms with Gasteiger partial charge < -0.3 is 15.2 Å². The number of ether oxygens (including phenoxy) is 1. The van der Waals surface area contributed by atoms with Crippen LogP contribution >= 0.6 is 0 Å². The van der Waals surface area contributed by atoms with Crippen molar-refractivity contribution in [1.82, 2.24) is 5.32 Å². The predicted octanol–water partition coefficient (Wildman–Crippen LogP) is 3.53. The van der Waals surface area contributed by atoms with Crippen LogP contribution in [0.4, 0.5) is 0 Å². The van der Waals surface area contributed by atoms with Crippen LogP contribution in [-0.2, 0) is 13.2 Å². The van der Waals surface area contributed by atoms with Gasteiger partial charge in [-0.15, -0.1) is 0 Å². The molecule has 0 heterocycles. The van der Waals surface area contributed by atoms with Gasteiger partial charge in [0, 0.05) is 18.2 Å². The number of benzene rings is 2. The Morgan fingerprint density at radius 2 is 1.95 bits per heavy atom. The summed E-state index contributed by atoms with van der Waals surface area (Å²) in [6.45, 7) is 2.95. The highest BCUT2D eigenvalue weighted by molar-refractivity contribution is 5.42. The van der Waals surface area contributed by atoms with Gasteiger partial charge >= 0.3 is 0 Å². The number of para-hydroxylation sites is 1. The third-order valence-corrected chi connectivity index (χ3v) is 3.77. The maximum atomic E-state index is 9.35. The smallest absolute Gasteiger partial charge is 0.132 e. The van der Waals surface area contributed by atoms with E-state index < -0.39 is 0 Å². The molecular formula is C18H21NO2. The maximum Gasteiger partial charge on any atom is 0.132 e. The normalized spacial score (nSPS) is 14.2. The van der Waals surface area contributed by atoms with Crippen molar-refractivity contribution in [1.29, 1.82) is 0 Å². The summed E-state index contributed by atoms with van der Waals surface area (Å²) >= 11 is 0. The second-order valence-corrected chi connectivity index (χ2v) is 5.62. The molecule has 0 aliphatic heterocycles. The van der Waals surface area contributed by atoms with Crippen LogP contribution in [0.25, 0.3) is 0 Å². The largest absolute Gasteiger partial charge is 0.457 e. The van der Waals surface area contributed by atoms with Crippen molar-refractivity contribution in [2.24, 2.45) is 0 Å². The van der Waals surface area contributed by atoms with E-state index in [4.69, 9.17) is 4.74 Å². The first-order chi connectivity index (χ1) is 10.3. The molecule has 0 bridgehead atoms. The number of hydrogen-bond acceptors (Lipinski definition) is 3. The minimum absolute atomic E-state index is 0.0153. The van der Waals surface area contributed by atoms with Crippen molar-refractivity contribution in [3.8, 4) is 11.5 Å². The van der Waals surface area contributed by atoms with Crippen molar-refractivity contribution in [3.05, 3.63) is 59.2 Å². The predicted molar refractivity (Wildman–Crippen MR) is 83.5 cm³/mol. The Morgan fingerprint density at radius 3 is 2.67 bits per heavy atom. The van der Waals surface area contributed by atoms with Crippen molar-refractivity contribution in [2.75, 3.05) is 0 Å². The molecule has 0 unspecified atom stereocenters. The van der Waals surface area contributed by atoms with E-state index in [9.17, 15) is 5.11 Å². The topological polar surface area (TPSA) is 41.5 Å². The Kier molecular flexibility index (Phi) is 4.23. The van der Waals surface area contributed by atoms with Gasteiger partial charge in [0.25, 0.3) is 0 Å².